The van der Waals surface area contributed by atoms with E-state index in [1.54, 1.807) is 23.7 Å². The summed E-state index contributed by atoms with van der Waals surface area (Å²) >= 11 is 13.7. The van der Waals surface area contributed by atoms with E-state index in [-0.39, 0.29) is 18.2 Å². The Bertz CT molecular complexity index is 1300. The van der Waals surface area contributed by atoms with Gasteiger partial charge in [0.1, 0.15) is 10.4 Å². The van der Waals surface area contributed by atoms with Crippen molar-refractivity contribution in [2.75, 3.05) is 5.32 Å². The Kier molecular flexibility index (Phi) is 7.35. The fraction of sp³-hybridized carbons (Fsp3) is 0.174. The first-order valence-electron chi connectivity index (χ1n) is 10.3. The molecular formula is C23H20Cl2N6O2S. The Morgan fingerprint density at radius 3 is 2.74 bits per heavy atom. The molecule has 0 bridgehead atoms. The summed E-state index contributed by atoms with van der Waals surface area (Å²) in [6.45, 7) is 3.77. The molecular weight excluding hydrogens is 495 g/mol. The first-order chi connectivity index (χ1) is 16.3. The SMILES string of the molecule is Cc1ccc(NC(=O)C[C@@H]2S/C(=N\N=C/c3c(C)nn(-c4cccc(Cl)c4)c3Cl)NC2=O)cc1. The van der Waals surface area contributed by atoms with Crippen molar-refractivity contribution in [2.24, 2.45) is 10.2 Å². The van der Waals surface area contributed by atoms with Gasteiger partial charge in [-0.15, -0.1) is 5.10 Å². The van der Waals surface area contributed by atoms with Crippen LogP contribution in [0.15, 0.2) is 58.7 Å². The smallest absolute Gasteiger partial charge is 0.240 e. The van der Waals surface area contributed by atoms with Gasteiger partial charge in [-0.25, -0.2) is 4.68 Å². The number of anilines is 1. The molecule has 2 amide bonds. The fourth-order valence-electron chi connectivity index (χ4n) is 3.18. The molecule has 0 aliphatic carbocycles. The molecule has 0 spiro atoms. The third-order valence-corrected chi connectivity index (χ3v) is 6.59. The largest absolute Gasteiger partial charge is 0.326 e. The summed E-state index contributed by atoms with van der Waals surface area (Å²) in [6.07, 6.45) is 1.49. The topological polar surface area (TPSA) is 101 Å². The average Bonchev–Trinajstić information content (AvgIpc) is 3.28. The molecule has 2 heterocycles. The minimum atomic E-state index is -0.588. The third kappa shape index (κ3) is 5.67. The van der Waals surface area contributed by atoms with Crippen molar-refractivity contribution in [1.29, 1.82) is 0 Å². The molecule has 1 aliphatic rings. The highest BCUT2D eigenvalue weighted by Gasteiger charge is 2.32. The molecule has 0 unspecified atom stereocenters. The van der Waals surface area contributed by atoms with Crippen LogP contribution in [0.5, 0.6) is 0 Å². The zero-order valence-corrected chi connectivity index (χ0v) is 20.6. The van der Waals surface area contributed by atoms with Crippen LogP contribution in [0.1, 0.15) is 23.2 Å². The molecule has 3 aromatic rings. The van der Waals surface area contributed by atoms with Crippen molar-refractivity contribution in [2.45, 2.75) is 25.5 Å². The Hall–Kier alpha value is -3.14. The van der Waals surface area contributed by atoms with Crippen LogP contribution < -0.4 is 10.6 Å². The van der Waals surface area contributed by atoms with Gasteiger partial charge in [-0.3, -0.25) is 9.59 Å². The normalized spacial score (nSPS) is 16.9. The van der Waals surface area contributed by atoms with Gasteiger partial charge in [0.05, 0.1) is 23.2 Å². The van der Waals surface area contributed by atoms with Gasteiger partial charge in [-0.1, -0.05) is 58.7 Å². The number of nitrogens with one attached hydrogen (secondary N) is 2. The number of halogens is 2. The van der Waals surface area contributed by atoms with Crippen molar-refractivity contribution in [3.63, 3.8) is 0 Å². The quantitative estimate of drug-likeness (QED) is 0.366. The number of thioether (sulfide) groups is 1. The number of carbonyl (C=O) groups excluding carboxylic acids is 2. The van der Waals surface area contributed by atoms with Gasteiger partial charge in [0, 0.05) is 17.1 Å². The number of aryl methyl sites for hydroxylation is 2. The van der Waals surface area contributed by atoms with Gasteiger partial charge in [-0.05, 0) is 44.2 Å². The first kappa shape index (κ1) is 24.0. The molecule has 34 heavy (non-hydrogen) atoms. The number of carbonyl (C=O) groups is 2. The second kappa shape index (κ2) is 10.4. The monoisotopic (exact) mass is 514 g/mol. The molecule has 2 aromatic carbocycles. The molecule has 1 aliphatic heterocycles. The summed E-state index contributed by atoms with van der Waals surface area (Å²) in [6, 6.07) is 14.6. The van der Waals surface area contributed by atoms with Crippen molar-refractivity contribution >= 4 is 63.8 Å². The molecule has 0 radical (unpaired) electrons. The van der Waals surface area contributed by atoms with Crippen molar-refractivity contribution < 1.29 is 9.59 Å². The van der Waals surface area contributed by atoms with Gasteiger partial charge in [0.25, 0.3) is 0 Å². The van der Waals surface area contributed by atoms with E-state index in [1.807, 2.05) is 43.3 Å². The maximum atomic E-state index is 12.3. The summed E-state index contributed by atoms with van der Waals surface area (Å²) in [7, 11) is 0. The molecule has 2 N–H and O–H groups in total. The zero-order valence-electron chi connectivity index (χ0n) is 18.3. The lowest BCUT2D eigenvalue weighted by Gasteiger charge is -2.07. The van der Waals surface area contributed by atoms with Gasteiger partial charge in [0.2, 0.25) is 11.8 Å². The van der Waals surface area contributed by atoms with E-state index >= 15 is 0 Å². The lowest BCUT2D eigenvalue weighted by molar-refractivity contribution is -0.122. The second-order valence-electron chi connectivity index (χ2n) is 7.55. The van der Waals surface area contributed by atoms with Crippen molar-refractivity contribution in [3.05, 3.63) is 75.5 Å². The molecule has 1 fully saturated rings. The second-order valence-corrected chi connectivity index (χ2v) is 9.53. The van der Waals surface area contributed by atoms with Crippen molar-refractivity contribution in [3.8, 4) is 5.69 Å². The number of hydrogen-bond acceptors (Lipinski definition) is 6. The number of nitrogens with zero attached hydrogens (tertiary/aromatic N) is 4. The number of benzene rings is 2. The molecule has 1 aromatic heterocycles. The predicted octanol–water partition coefficient (Wildman–Crippen LogP) is 4.75. The Morgan fingerprint density at radius 2 is 2.00 bits per heavy atom. The maximum absolute atomic E-state index is 12.3. The van der Waals surface area contributed by atoms with Gasteiger partial charge in [-0.2, -0.15) is 10.2 Å². The van der Waals surface area contributed by atoms with Gasteiger partial charge >= 0.3 is 0 Å². The highest BCUT2D eigenvalue weighted by molar-refractivity contribution is 8.15. The molecule has 174 valence electrons. The van der Waals surface area contributed by atoms with Crippen molar-refractivity contribution in [1.82, 2.24) is 15.1 Å². The van der Waals surface area contributed by atoms with Crippen LogP contribution >= 0.6 is 35.0 Å². The summed E-state index contributed by atoms with van der Waals surface area (Å²) in [5, 5.41) is 18.6. The maximum Gasteiger partial charge on any atom is 0.240 e. The van der Waals surface area contributed by atoms with Crippen LogP contribution in [-0.4, -0.2) is 38.2 Å². The minimum absolute atomic E-state index is 0.0183. The van der Waals surface area contributed by atoms with E-state index in [1.165, 1.54) is 6.21 Å². The minimum Gasteiger partial charge on any atom is -0.326 e. The van der Waals surface area contributed by atoms with Gasteiger partial charge in [0.15, 0.2) is 5.17 Å². The van der Waals surface area contributed by atoms with E-state index < -0.39 is 5.25 Å². The Labute approximate surface area is 210 Å². The van der Waals surface area contributed by atoms with E-state index in [4.69, 9.17) is 23.2 Å². The summed E-state index contributed by atoms with van der Waals surface area (Å²) in [5.74, 6) is -0.543. The average molecular weight is 515 g/mol. The number of hydrogen-bond donors (Lipinski definition) is 2. The third-order valence-electron chi connectivity index (χ3n) is 4.92. The fourth-order valence-corrected chi connectivity index (χ4v) is 4.61. The van der Waals surface area contributed by atoms with Crippen LogP contribution in [0.25, 0.3) is 5.69 Å². The van der Waals surface area contributed by atoms with E-state index in [0.29, 0.717) is 32.3 Å². The van der Waals surface area contributed by atoms with Crippen LogP contribution in [0.2, 0.25) is 10.2 Å². The Balaban J connectivity index is 1.40. The van der Waals surface area contributed by atoms with Gasteiger partial charge < -0.3 is 10.6 Å². The number of amidine groups is 1. The van der Waals surface area contributed by atoms with E-state index in [0.717, 1.165) is 23.0 Å². The molecule has 0 saturated carbocycles. The number of rotatable bonds is 6. The highest BCUT2D eigenvalue weighted by Crippen LogP contribution is 2.25. The molecule has 11 heteroatoms. The standard InChI is InChI=1S/C23H20Cl2N6O2S/c1-13-6-8-16(9-7-13)27-20(32)11-19-22(33)28-23(34-19)29-26-12-18-14(2)30-31(21(18)25)17-5-3-4-15(24)10-17/h3-10,12,19H,11H2,1-2H3,(H,27,32)(H,28,29,33)/b26-12-/t19-/m0/s1. The molecule has 1 atom stereocenters. The predicted molar refractivity (Wildman–Crippen MR) is 137 cm³/mol. The number of amides is 2. The summed E-state index contributed by atoms with van der Waals surface area (Å²) < 4.78 is 1.56. The number of aromatic nitrogens is 2. The first-order valence-corrected chi connectivity index (χ1v) is 11.9. The van der Waals surface area contributed by atoms with E-state index in [9.17, 15) is 9.59 Å². The summed E-state index contributed by atoms with van der Waals surface area (Å²) in [5.41, 5.74) is 3.75. The summed E-state index contributed by atoms with van der Waals surface area (Å²) in [4.78, 5) is 24.6. The van der Waals surface area contributed by atoms with Crippen LogP contribution in [0.3, 0.4) is 0 Å². The van der Waals surface area contributed by atoms with Crippen LogP contribution in [0.4, 0.5) is 5.69 Å². The van der Waals surface area contributed by atoms with E-state index in [2.05, 4.69) is 25.9 Å². The molecule has 4 rings (SSSR count). The lowest BCUT2D eigenvalue weighted by atomic mass is 10.2. The lowest BCUT2D eigenvalue weighted by Crippen LogP contribution is -2.28. The molecule has 1 saturated heterocycles. The van der Waals surface area contributed by atoms with Crippen LogP contribution in [-0.2, 0) is 9.59 Å². The molecule has 8 nitrogen and oxygen atoms in total. The van der Waals surface area contributed by atoms with Crippen LogP contribution in [0, 0.1) is 13.8 Å². The zero-order chi connectivity index (χ0) is 24.2. The Morgan fingerprint density at radius 1 is 1.24 bits per heavy atom. The highest BCUT2D eigenvalue weighted by atomic mass is 35.5.